The van der Waals surface area contributed by atoms with E-state index in [0.29, 0.717) is 0 Å². The highest BCUT2D eigenvalue weighted by molar-refractivity contribution is 6.31. The molecule has 0 aliphatic carbocycles. The summed E-state index contributed by atoms with van der Waals surface area (Å²) in [5.74, 6) is 0. The molecule has 0 fully saturated rings. The number of hydrogen-bond donors (Lipinski definition) is 0. The third-order valence-corrected chi connectivity index (χ3v) is 14.6. The van der Waals surface area contributed by atoms with Crippen LogP contribution in [0.25, 0.3) is 6.08 Å². The predicted octanol–water partition coefficient (Wildman–Crippen LogP) is 23.9. The van der Waals surface area contributed by atoms with Crippen molar-refractivity contribution >= 4 is 29.4 Å². The van der Waals surface area contributed by atoms with Crippen LogP contribution in [0.3, 0.4) is 0 Å². The highest BCUT2D eigenvalue weighted by Crippen LogP contribution is 2.20. The first kappa shape index (κ1) is 61.6. The van der Waals surface area contributed by atoms with Crippen molar-refractivity contribution in [2.24, 2.45) is 9.98 Å². The maximum atomic E-state index is 5.08. The van der Waals surface area contributed by atoms with Crippen LogP contribution in [0.5, 0.6) is 0 Å². The number of hydrogen-bond acceptors (Lipinski definition) is 2. The van der Waals surface area contributed by atoms with Gasteiger partial charge in [-0.05, 0) is 55.5 Å². The fraction of sp³-hybridized carbons (Fsp3) is 0.758. The molecule has 0 spiro atoms. The molecule has 68 heavy (non-hydrogen) atoms. The van der Waals surface area contributed by atoms with Crippen LogP contribution < -0.4 is 0 Å². The summed E-state index contributed by atoms with van der Waals surface area (Å²) in [6.07, 6.45) is 74.7. The minimum Gasteiger partial charge on any atom is -0.255 e. The van der Waals surface area contributed by atoms with Crippen molar-refractivity contribution in [1.82, 2.24) is 0 Å². The van der Waals surface area contributed by atoms with Gasteiger partial charge in [-0.25, -0.2) is 0 Å². The Labute approximate surface area is 425 Å². The van der Waals surface area contributed by atoms with E-state index in [2.05, 4.69) is 80.6 Å². The number of rotatable bonds is 52. The van der Waals surface area contributed by atoms with Gasteiger partial charge in [-0.1, -0.05) is 339 Å². The number of aliphatic imine (C=N–C) groups is 2. The Kier molecular flexibility index (Phi) is 46.1. The normalized spacial score (nSPS) is 12.1. The van der Waals surface area contributed by atoms with Crippen molar-refractivity contribution < 1.29 is 0 Å². The fourth-order valence-electron chi connectivity index (χ4n) is 10.00. The van der Waals surface area contributed by atoms with Crippen LogP contribution in [0.15, 0.2) is 70.7 Å². The largest absolute Gasteiger partial charge is 0.255 e. The van der Waals surface area contributed by atoms with Gasteiger partial charge in [0.25, 0.3) is 0 Å². The molecule has 0 heterocycles. The van der Waals surface area contributed by atoms with Gasteiger partial charge < -0.3 is 0 Å². The highest BCUT2D eigenvalue weighted by Gasteiger charge is 2.02. The molecular formula is C66H114N2. The first-order valence-corrected chi connectivity index (χ1v) is 30.7. The molecule has 0 bridgehead atoms. The molecule has 0 unspecified atom stereocenters. The highest BCUT2D eigenvalue weighted by atomic mass is 14.8. The summed E-state index contributed by atoms with van der Waals surface area (Å²) in [4.78, 5) is 9.87. The van der Waals surface area contributed by atoms with Gasteiger partial charge >= 0.3 is 0 Å². The second-order valence-electron chi connectivity index (χ2n) is 21.3. The summed E-state index contributed by atoms with van der Waals surface area (Å²) >= 11 is 0. The van der Waals surface area contributed by atoms with E-state index >= 15 is 0 Å². The molecule has 0 N–H and O–H groups in total. The Hall–Kier alpha value is -2.48. The number of nitrogens with zero attached hydrogens (tertiary/aromatic N) is 2. The topological polar surface area (TPSA) is 24.7 Å². The van der Waals surface area contributed by atoms with Crippen LogP contribution in [0.1, 0.15) is 328 Å². The first-order valence-electron chi connectivity index (χ1n) is 30.7. The molecular weight excluding hydrogens is 821 g/mol. The predicted molar refractivity (Wildman–Crippen MR) is 310 cm³/mol. The lowest BCUT2D eigenvalue weighted by atomic mass is 10.0. The second-order valence-corrected chi connectivity index (χ2v) is 21.3. The molecule has 0 amide bonds. The zero-order valence-corrected chi connectivity index (χ0v) is 45.8. The molecule has 2 aromatic rings. The number of unbranched alkanes of at least 4 members (excludes halogenated alkanes) is 45. The Balaban J connectivity index is 1.45. The Morgan fingerprint density at radius 1 is 0.324 bits per heavy atom. The average molecular weight is 936 g/mol. The van der Waals surface area contributed by atoms with Crippen molar-refractivity contribution in [2.45, 2.75) is 322 Å². The van der Waals surface area contributed by atoms with Gasteiger partial charge in [0.1, 0.15) is 0 Å². The molecule has 2 nitrogen and oxygen atoms in total. The first-order chi connectivity index (χ1) is 33.8. The summed E-state index contributed by atoms with van der Waals surface area (Å²) in [5.41, 5.74) is 4.37. The lowest BCUT2D eigenvalue weighted by Crippen LogP contribution is -2.00. The van der Waals surface area contributed by atoms with E-state index in [9.17, 15) is 0 Å². The third kappa shape index (κ3) is 42.4. The molecule has 0 radical (unpaired) electrons. The zero-order valence-electron chi connectivity index (χ0n) is 45.8. The van der Waals surface area contributed by atoms with Gasteiger partial charge in [-0.15, -0.1) is 0 Å². The zero-order chi connectivity index (χ0) is 48.2. The van der Waals surface area contributed by atoms with Crippen LogP contribution in [-0.2, 0) is 0 Å². The van der Waals surface area contributed by atoms with Gasteiger partial charge in [-0.2, -0.15) is 0 Å². The minimum absolute atomic E-state index is 0.983. The van der Waals surface area contributed by atoms with E-state index in [-0.39, 0.29) is 0 Å². The molecule has 0 aliphatic heterocycles. The van der Waals surface area contributed by atoms with Gasteiger partial charge in [0.15, 0.2) is 0 Å². The number of allylic oxidation sites excluding steroid dienone is 1. The van der Waals surface area contributed by atoms with E-state index < -0.39 is 0 Å². The van der Waals surface area contributed by atoms with Crippen molar-refractivity contribution in [1.29, 1.82) is 0 Å². The van der Waals surface area contributed by atoms with E-state index in [4.69, 9.17) is 9.98 Å². The number of benzene rings is 2. The number of para-hydroxylation sites is 1. The molecule has 2 aromatic carbocycles. The van der Waals surface area contributed by atoms with Crippen molar-refractivity contribution in [2.75, 3.05) is 0 Å². The van der Waals surface area contributed by atoms with Gasteiger partial charge in [0.05, 0.1) is 17.1 Å². The van der Waals surface area contributed by atoms with Crippen molar-refractivity contribution in [3.05, 3.63) is 66.2 Å². The van der Waals surface area contributed by atoms with Crippen LogP contribution >= 0.6 is 0 Å². The van der Waals surface area contributed by atoms with Gasteiger partial charge in [0, 0.05) is 6.21 Å². The maximum absolute atomic E-state index is 5.08. The molecule has 0 atom stereocenters. The molecule has 2 heteroatoms. The Morgan fingerprint density at radius 2 is 0.632 bits per heavy atom. The Bertz CT molecular complexity index is 1370. The SMILES string of the molecule is CCCCCCCCCCCCCCCCCCCCC=Cc1ccc(N=C(C=Nc2ccccc2)CCCCCCCCCCCCCCCCCCCCCCCCCCCCCC)cc1. The van der Waals surface area contributed by atoms with E-state index in [0.717, 1.165) is 23.5 Å². The molecule has 0 aromatic heterocycles. The van der Waals surface area contributed by atoms with Gasteiger partial charge in [0.2, 0.25) is 0 Å². The Morgan fingerprint density at radius 3 is 0.971 bits per heavy atom. The fourth-order valence-corrected chi connectivity index (χ4v) is 10.00. The minimum atomic E-state index is 0.983. The smallest absolute Gasteiger partial charge is 0.0634 e. The maximum Gasteiger partial charge on any atom is 0.0634 e. The average Bonchev–Trinajstić information content (AvgIpc) is 3.36. The van der Waals surface area contributed by atoms with Gasteiger partial charge in [-0.3, -0.25) is 9.98 Å². The lowest BCUT2D eigenvalue weighted by Gasteiger charge is -2.05. The summed E-state index contributed by atoms with van der Waals surface area (Å²) in [6.45, 7) is 4.62. The molecule has 388 valence electrons. The molecule has 2 rings (SSSR count). The summed E-state index contributed by atoms with van der Waals surface area (Å²) in [5, 5.41) is 0. The molecule has 0 aliphatic rings. The summed E-state index contributed by atoms with van der Waals surface area (Å²) in [7, 11) is 0. The van der Waals surface area contributed by atoms with Crippen LogP contribution in [-0.4, -0.2) is 11.9 Å². The van der Waals surface area contributed by atoms with E-state index in [1.165, 1.54) is 307 Å². The summed E-state index contributed by atoms with van der Waals surface area (Å²) < 4.78 is 0. The lowest BCUT2D eigenvalue weighted by molar-refractivity contribution is 0.514. The quantitative estimate of drug-likeness (QED) is 0.0466. The van der Waals surface area contributed by atoms with E-state index in [1.807, 2.05) is 6.21 Å². The summed E-state index contributed by atoms with van der Waals surface area (Å²) in [6, 6.07) is 19.1. The van der Waals surface area contributed by atoms with Crippen molar-refractivity contribution in [3.8, 4) is 0 Å². The van der Waals surface area contributed by atoms with Crippen LogP contribution in [0.4, 0.5) is 11.4 Å². The van der Waals surface area contributed by atoms with Crippen LogP contribution in [0.2, 0.25) is 0 Å². The van der Waals surface area contributed by atoms with Crippen LogP contribution in [0, 0.1) is 0 Å². The van der Waals surface area contributed by atoms with Crippen molar-refractivity contribution in [3.63, 3.8) is 0 Å². The second kappa shape index (κ2) is 50.9. The third-order valence-electron chi connectivity index (χ3n) is 14.6. The standard InChI is InChI=1S/C66H114N2/c1-3-5-7-9-11-13-15-17-19-21-23-25-26-27-28-29-30-31-32-34-36-38-40-42-44-46-48-51-57-66(62-67-64-55-52-49-53-56-64)68-65-60-58-63(59-61-65)54-50-47-45-43-41-39-37-35-33-24-22-20-18-16-14-12-10-8-6-4-2/h49-50,52-56,58-62H,3-48,51,57H2,1-2H3. The van der Waals surface area contributed by atoms with E-state index in [1.54, 1.807) is 0 Å². The molecule has 0 saturated heterocycles. The molecule has 0 saturated carbocycles. The monoisotopic (exact) mass is 935 g/mol.